The van der Waals surface area contributed by atoms with E-state index in [9.17, 15) is 0 Å². The first-order chi connectivity index (χ1) is 9.33. The minimum Gasteiger partial charge on any atom is -0.493 e. The molecule has 1 aliphatic rings. The van der Waals surface area contributed by atoms with Gasteiger partial charge in [0.1, 0.15) is 6.61 Å². The molecule has 0 aromatic heterocycles. The van der Waals surface area contributed by atoms with Crippen LogP contribution in [0.3, 0.4) is 0 Å². The van der Waals surface area contributed by atoms with Gasteiger partial charge in [-0.15, -0.1) is 0 Å². The van der Waals surface area contributed by atoms with E-state index in [0.29, 0.717) is 0 Å². The third kappa shape index (κ3) is 4.11. The van der Waals surface area contributed by atoms with Crippen molar-refractivity contribution in [1.82, 2.24) is 10.2 Å². The summed E-state index contributed by atoms with van der Waals surface area (Å²) in [6.07, 6.45) is 2.64. The van der Waals surface area contributed by atoms with Gasteiger partial charge < -0.3 is 14.8 Å². The topological polar surface area (TPSA) is 33.7 Å². The number of ether oxygens (including phenoxy) is 2. The Morgan fingerprint density at radius 2 is 2.00 bits per heavy atom. The van der Waals surface area contributed by atoms with Crippen molar-refractivity contribution < 1.29 is 9.47 Å². The summed E-state index contributed by atoms with van der Waals surface area (Å²) in [4.78, 5) is 2.45. The lowest BCUT2D eigenvalue weighted by molar-refractivity contribution is 0.230. The van der Waals surface area contributed by atoms with E-state index in [1.54, 1.807) is 7.11 Å². The van der Waals surface area contributed by atoms with Gasteiger partial charge >= 0.3 is 0 Å². The highest BCUT2D eigenvalue weighted by Gasteiger charge is 2.11. The Kier molecular flexibility index (Phi) is 5.48. The molecule has 1 heterocycles. The van der Waals surface area contributed by atoms with Gasteiger partial charge in [-0.2, -0.15) is 0 Å². The van der Waals surface area contributed by atoms with Crippen LogP contribution in [0.4, 0.5) is 0 Å². The third-order valence-corrected chi connectivity index (χ3v) is 3.47. The summed E-state index contributed by atoms with van der Waals surface area (Å²) in [5.74, 6) is 1.65. The zero-order valence-corrected chi connectivity index (χ0v) is 11.9. The average molecular weight is 264 g/mol. The lowest BCUT2D eigenvalue weighted by Crippen LogP contribution is -2.25. The molecule has 0 atom stereocenters. The largest absolute Gasteiger partial charge is 0.493 e. The maximum absolute atomic E-state index is 5.84. The number of hydrogen-bond donors (Lipinski definition) is 1. The molecule has 0 radical (unpaired) electrons. The van der Waals surface area contributed by atoms with Crippen LogP contribution in [0.25, 0.3) is 0 Å². The molecule has 1 N–H and O–H groups in total. The van der Waals surface area contributed by atoms with Crippen molar-refractivity contribution in [1.29, 1.82) is 0 Å². The van der Waals surface area contributed by atoms with Crippen molar-refractivity contribution in [3.8, 4) is 11.5 Å². The number of hydrogen-bond acceptors (Lipinski definition) is 4. The summed E-state index contributed by atoms with van der Waals surface area (Å²) in [5.41, 5.74) is 1.20. The van der Waals surface area contributed by atoms with Crippen LogP contribution in [0.15, 0.2) is 18.2 Å². The van der Waals surface area contributed by atoms with Crippen molar-refractivity contribution in [2.75, 3.05) is 40.4 Å². The molecule has 0 unspecified atom stereocenters. The second-order valence-corrected chi connectivity index (χ2v) is 4.91. The molecule has 0 bridgehead atoms. The van der Waals surface area contributed by atoms with Crippen LogP contribution < -0.4 is 14.8 Å². The van der Waals surface area contributed by atoms with Gasteiger partial charge in [-0.05, 0) is 50.7 Å². The highest BCUT2D eigenvalue weighted by atomic mass is 16.5. The lowest BCUT2D eigenvalue weighted by atomic mass is 10.2. The SMILES string of the molecule is CNCc1ccc(OCCN2CCCC2)c(OC)c1. The van der Waals surface area contributed by atoms with Gasteiger partial charge in [0.2, 0.25) is 0 Å². The standard InChI is InChI=1S/C15H24N2O2/c1-16-12-13-5-6-14(15(11-13)18-2)19-10-9-17-7-3-4-8-17/h5-6,11,16H,3-4,7-10,12H2,1-2H3. The third-order valence-electron chi connectivity index (χ3n) is 3.47. The van der Waals surface area contributed by atoms with Crippen molar-refractivity contribution >= 4 is 0 Å². The Morgan fingerprint density at radius 1 is 1.21 bits per heavy atom. The number of nitrogens with zero attached hydrogens (tertiary/aromatic N) is 1. The van der Waals surface area contributed by atoms with Crippen LogP contribution in [0.2, 0.25) is 0 Å². The predicted octanol–water partition coefficient (Wildman–Crippen LogP) is 1.89. The van der Waals surface area contributed by atoms with Gasteiger partial charge in [0.25, 0.3) is 0 Å². The van der Waals surface area contributed by atoms with Crippen molar-refractivity contribution in [3.63, 3.8) is 0 Å². The molecule has 4 heteroatoms. The quantitative estimate of drug-likeness (QED) is 0.815. The molecule has 0 amide bonds. The predicted molar refractivity (Wildman–Crippen MR) is 76.9 cm³/mol. The van der Waals surface area contributed by atoms with Gasteiger partial charge in [-0.1, -0.05) is 6.07 Å². The monoisotopic (exact) mass is 264 g/mol. The van der Waals surface area contributed by atoms with Crippen LogP contribution in [0.5, 0.6) is 11.5 Å². The van der Waals surface area contributed by atoms with Crippen molar-refractivity contribution in [2.45, 2.75) is 19.4 Å². The molecule has 1 aromatic rings. The Hall–Kier alpha value is -1.26. The van der Waals surface area contributed by atoms with Crippen LogP contribution in [0.1, 0.15) is 18.4 Å². The molecule has 19 heavy (non-hydrogen) atoms. The van der Waals surface area contributed by atoms with E-state index in [0.717, 1.165) is 31.2 Å². The Labute approximate surface area is 115 Å². The summed E-state index contributed by atoms with van der Waals surface area (Å²) in [5, 5.41) is 3.13. The normalized spacial score (nSPS) is 15.7. The molecule has 106 valence electrons. The second-order valence-electron chi connectivity index (χ2n) is 4.91. The Morgan fingerprint density at radius 3 is 2.68 bits per heavy atom. The smallest absolute Gasteiger partial charge is 0.161 e. The summed E-state index contributed by atoms with van der Waals surface area (Å²) in [7, 11) is 3.62. The van der Waals surface area contributed by atoms with E-state index in [1.807, 2.05) is 19.2 Å². The maximum atomic E-state index is 5.84. The molecule has 1 fully saturated rings. The zero-order chi connectivity index (χ0) is 13.5. The molecular formula is C15H24N2O2. The van der Waals surface area contributed by atoms with E-state index in [-0.39, 0.29) is 0 Å². The number of benzene rings is 1. The summed E-state index contributed by atoms with van der Waals surface area (Å²) in [6.45, 7) is 4.98. The summed E-state index contributed by atoms with van der Waals surface area (Å²) < 4.78 is 11.2. The molecule has 0 spiro atoms. The molecule has 0 saturated carbocycles. The fourth-order valence-electron chi connectivity index (χ4n) is 2.44. The highest BCUT2D eigenvalue weighted by molar-refractivity contribution is 5.42. The minimum absolute atomic E-state index is 0.724. The number of nitrogens with one attached hydrogen (secondary N) is 1. The molecule has 1 aromatic carbocycles. The van der Waals surface area contributed by atoms with Gasteiger partial charge in [0.15, 0.2) is 11.5 Å². The van der Waals surface area contributed by atoms with Crippen molar-refractivity contribution in [2.24, 2.45) is 0 Å². The molecule has 4 nitrogen and oxygen atoms in total. The van der Waals surface area contributed by atoms with E-state index >= 15 is 0 Å². The van der Waals surface area contributed by atoms with Crippen molar-refractivity contribution in [3.05, 3.63) is 23.8 Å². The first-order valence-corrected chi connectivity index (χ1v) is 7.00. The molecule has 0 aliphatic carbocycles. The number of likely N-dealkylation sites (tertiary alicyclic amines) is 1. The van der Waals surface area contributed by atoms with Crippen LogP contribution in [-0.4, -0.2) is 45.3 Å². The first-order valence-electron chi connectivity index (χ1n) is 7.00. The second kappa shape index (κ2) is 7.36. The maximum Gasteiger partial charge on any atom is 0.161 e. The van der Waals surface area contributed by atoms with Crippen LogP contribution >= 0.6 is 0 Å². The average Bonchev–Trinajstić information content (AvgIpc) is 2.93. The Balaban J connectivity index is 1.87. The molecule has 1 saturated heterocycles. The first kappa shape index (κ1) is 14.2. The van der Waals surface area contributed by atoms with E-state index < -0.39 is 0 Å². The van der Waals surface area contributed by atoms with E-state index in [1.165, 1.54) is 31.5 Å². The minimum atomic E-state index is 0.724. The van der Waals surface area contributed by atoms with E-state index in [4.69, 9.17) is 9.47 Å². The van der Waals surface area contributed by atoms with Gasteiger partial charge in [-0.25, -0.2) is 0 Å². The van der Waals surface area contributed by atoms with Gasteiger partial charge in [0.05, 0.1) is 7.11 Å². The summed E-state index contributed by atoms with van der Waals surface area (Å²) >= 11 is 0. The van der Waals surface area contributed by atoms with Gasteiger partial charge in [0, 0.05) is 13.1 Å². The van der Waals surface area contributed by atoms with E-state index in [2.05, 4.69) is 16.3 Å². The number of rotatable bonds is 7. The van der Waals surface area contributed by atoms with Gasteiger partial charge in [-0.3, -0.25) is 4.90 Å². The fraction of sp³-hybridized carbons (Fsp3) is 0.600. The summed E-state index contributed by atoms with van der Waals surface area (Å²) in [6, 6.07) is 6.10. The van der Waals surface area contributed by atoms with Crippen LogP contribution in [-0.2, 0) is 6.54 Å². The number of methoxy groups -OCH3 is 1. The lowest BCUT2D eigenvalue weighted by Gasteiger charge is -2.16. The Bertz CT molecular complexity index is 390. The highest BCUT2D eigenvalue weighted by Crippen LogP contribution is 2.28. The molecule has 1 aliphatic heterocycles. The van der Waals surface area contributed by atoms with Crippen LogP contribution in [0, 0.1) is 0 Å². The molecular weight excluding hydrogens is 240 g/mol. The zero-order valence-electron chi connectivity index (χ0n) is 11.9. The fourth-order valence-corrected chi connectivity index (χ4v) is 2.44. The molecule has 2 rings (SSSR count).